The Labute approximate surface area is 95.8 Å². The Hall–Kier alpha value is -1.36. The van der Waals surface area contributed by atoms with Gasteiger partial charge in [0.2, 0.25) is 5.91 Å². The number of nitrogens with two attached hydrogens (primary N) is 1. The average Bonchev–Trinajstić information content (AvgIpc) is 2.70. The minimum absolute atomic E-state index is 0.0900. The van der Waals surface area contributed by atoms with E-state index in [0.717, 1.165) is 25.1 Å². The summed E-state index contributed by atoms with van der Waals surface area (Å²) in [4.78, 5) is 18.4. The Morgan fingerprint density at radius 2 is 2.50 bits per heavy atom. The number of carbonyl (C=O) groups is 1. The molecule has 0 saturated heterocycles. The molecule has 1 rings (SSSR count). The Bertz CT molecular complexity index is 295. The van der Waals surface area contributed by atoms with Crippen LogP contribution in [0.25, 0.3) is 0 Å². The standard InChI is InChI=1S/C11H20N4O/c1-9(12)3-2-4-11(16)15-6-5-10-13-7-8-14-10/h7-9H,2-6,12H2,1H3,(H,13,14)(H,15,16). The third-order valence-corrected chi connectivity index (χ3v) is 2.30. The fraction of sp³-hybridized carbons (Fsp3) is 0.636. The molecule has 0 aliphatic heterocycles. The molecule has 0 saturated carbocycles. The van der Waals surface area contributed by atoms with Crippen molar-refractivity contribution in [2.75, 3.05) is 6.54 Å². The zero-order valence-corrected chi connectivity index (χ0v) is 9.70. The molecule has 1 amide bonds. The zero-order valence-electron chi connectivity index (χ0n) is 9.70. The Balaban J connectivity index is 2.02. The van der Waals surface area contributed by atoms with E-state index in [4.69, 9.17) is 5.73 Å². The lowest BCUT2D eigenvalue weighted by Gasteiger charge is -2.05. The molecule has 0 fully saturated rings. The van der Waals surface area contributed by atoms with Crippen molar-refractivity contribution in [3.8, 4) is 0 Å². The zero-order chi connectivity index (χ0) is 11.8. The van der Waals surface area contributed by atoms with Gasteiger partial charge in [-0.25, -0.2) is 4.98 Å². The van der Waals surface area contributed by atoms with Crippen LogP contribution in [0.15, 0.2) is 12.4 Å². The smallest absolute Gasteiger partial charge is 0.220 e. The third kappa shape index (κ3) is 5.50. The summed E-state index contributed by atoms with van der Waals surface area (Å²) >= 11 is 0. The molecule has 1 aromatic heterocycles. The van der Waals surface area contributed by atoms with Crippen LogP contribution in [-0.2, 0) is 11.2 Å². The first-order chi connectivity index (χ1) is 7.68. The predicted octanol–water partition coefficient (Wildman–Crippen LogP) is 0.586. The van der Waals surface area contributed by atoms with Crippen LogP contribution >= 0.6 is 0 Å². The van der Waals surface area contributed by atoms with Crippen LogP contribution in [0.4, 0.5) is 0 Å². The van der Waals surface area contributed by atoms with Gasteiger partial charge in [-0.1, -0.05) is 0 Å². The average molecular weight is 224 g/mol. The summed E-state index contributed by atoms with van der Waals surface area (Å²) < 4.78 is 0. The molecule has 0 spiro atoms. The first-order valence-corrected chi connectivity index (χ1v) is 5.69. The van der Waals surface area contributed by atoms with Gasteiger partial charge in [0.05, 0.1) is 0 Å². The fourth-order valence-corrected chi connectivity index (χ4v) is 1.43. The van der Waals surface area contributed by atoms with Gasteiger partial charge in [0, 0.05) is 37.8 Å². The van der Waals surface area contributed by atoms with Gasteiger partial charge in [-0.3, -0.25) is 4.79 Å². The lowest BCUT2D eigenvalue weighted by atomic mass is 10.1. The van der Waals surface area contributed by atoms with Crippen molar-refractivity contribution < 1.29 is 4.79 Å². The molecule has 1 heterocycles. The molecule has 1 atom stereocenters. The second kappa shape index (κ2) is 7.00. The van der Waals surface area contributed by atoms with Crippen molar-refractivity contribution in [3.05, 3.63) is 18.2 Å². The topological polar surface area (TPSA) is 83.8 Å². The summed E-state index contributed by atoms with van der Waals surface area (Å²) in [5.74, 6) is 0.989. The number of nitrogens with one attached hydrogen (secondary N) is 2. The monoisotopic (exact) mass is 224 g/mol. The number of nitrogens with zero attached hydrogens (tertiary/aromatic N) is 1. The van der Waals surface area contributed by atoms with Gasteiger partial charge < -0.3 is 16.0 Å². The Morgan fingerprint density at radius 1 is 1.69 bits per heavy atom. The molecule has 5 heteroatoms. The molecule has 1 aromatic rings. The van der Waals surface area contributed by atoms with Gasteiger partial charge in [0.15, 0.2) is 0 Å². The molecular weight excluding hydrogens is 204 g/mol. The molecule has 0 bridgehead atoms. The normalized spacial score (nSPS) is 12.4. The number of imidazole rings is 1. The molecule has 4 N–H and O–H groups in total. The highest BCUT2D eigenvalue weighted by Crippen LogP contribution is 1.98. The van der Waals surface area contributed by atoms with Crippen molar-refractivity contribution in [1.82, 2.24) is 15.3 Å². The lowest BCUT2D eigenvalue weighted by Crippen LogP contribution is -2.26. The van der Waals surface area contributed by atoms with Gasteiger partial charge in [-0.2, -0.15) is 0 Å². The number of hydrogen-bond acceptors (Lipinski definition) is 3. The van der Waals surface area contributed by atoms with Crippen LogP contribution in [0.5, 0.6) is 0 Å². The predicted molar refractivity (Wildman–Crippen MR) is 62.8 cm³/mol. The summed E-state index contributed by atoms with van der Waals surface area (Å²) in [6, 6.07) is 0.177. The summed E-state index contributed by atoms with van der Waals surface area (Å²) in [5, 5.41) is 2.85. The first-order valence-electron chi connectivity index (χ1n) is 5.69. The minimum atomic E-state index is 0.0900. The summed E-state index contributed by atoms with van der Waals surface area (Å²) in [7, 11) is 0. The van der Waals surface area contributed by atoms with E-state index in [1.807, 2.05) is 6.92 Å². The lowest BCUT2D eigenvalue weighted by molar-refractivity contribution is -0.121. The number of carbonyl (C=O) groups excluding carboxylic acids is 1. The quantitative estimate of drug-likeness (QED) is 0.633. The molecule has 0 aliphatic carbocycles. The highest BCUT2D eigenvalue weighted by molar-refractivity contribution is 5.75. The number of aromatic amines is 1. The van der Waals surface area contributed by atoms with Gasteiger partial charge in [-0.05, 0) is 19.8 Å². The van der Waals surface area contributed by atoms with E-state index in [0.29, 0.717) is 13.0 Å². The van der Waals surface area contributed by atoms with E-state index in [-0.39, 0.29) is 11.9 Å². The van der Waals surface area contributed by atoms with Gasteiger partial charge >= 0.3 is 0 Å². The van der Waals surface area contributed by atoms with Crippen LogP contribution in [0.2, 0.25) is 0 Å². The van der Waals surface area contributed by atoms with Crippen molar-refractivity contribution in [2.45, 2.75) is 38.6 Å². The third-order valence-electron chi connectivity index (χ3n) is 2.30. The molecule has 0 aliphatic rings. The second-order valence-corrected chi connectivity index (χ2v) is 4.01. The SMILES string of the molecule is CC(N)CCCC(=O)NCCc1ncc[nH]1. The van der Waals surface area contributed by atoms with E-state index in [1.54, 1.807) is 12.4 Å². The van der Waals surface area contributed by atoms with Gasteiger partial charge in [0.25, 0.3) is 0 Å². The fourth-order valence-electron chi connectivity index (χ4n) is 1.43. The highest BCUT2D eigenvalue weighted by Gasteiger charge is 2.02. The Morgan fingerprint density at radius 3 is 3.12 bits per heavy atom. The second-order valence-electron chi connectivity index (χ2n) is 4.01. The van der Waals surface area contributed by atoms with Crippen LogP contribution in [0, 0.1) is 0 Å². The maximum absolute atomic E-state index is 11.4. The highest BCUT2D eigenvalue weighted by atomic mass is 16.1. The molecular formula is C11H20N4O. The van der Waals surface area contributed by atoms with E-state index < -0.39 is 0 Å². The summed E-state index contributed by atoms with van der Waals surface area (Å²) in [6.07, 6.45) is 6.53. The van der Waals surface area contributed by atoms with E-state index in [2.05, 4.69) is 15.3 Å². The summed E-state index contributed by atoms with van der Waals surface area (Å²) in [6.45, 7) is 2.58. The minimum Gasteiger partial charge on any atom is -0.356 e. The number of H-pyrrole nitrogens is 1. The first kappa shape index (κ1) is 12.7. The maximum Gasteiger partial charge on any atom is 0.220 e. The van der Waals surface area contributed by atoms with Crippen LogP contribution in [0.3, 0.4) is 0 Å². The van der Waals surface area contributed by atoms with Crippen molar-refractivity contribution in [1.29, 1.82) is 0 Å². The van der Waals surface area contributed by atoms with Gasteiger partial charge in [0.1, 0.15) is 5.82 Å². The van der Waals surface area contributed by atoms with Crippen LogP contribution < -0.4 is 11.1 Å². The molecule has 90 valence electrons. The molecule has 0 aromatic carbocycles. The number of aromatic nitrogens is 2. The molecule has 0 radical (unpaired) electrons. The molecule has 16 heavy (non-hydrogen) atoms. The Kier molecular flexibility index (Phi) is 5.56. The number of hydrogen-bond donors (Lipinski definition) is 3. The van der Waals surface area contributed by atoms with Crippen LogP contribution in [0.1, 0.15) is 32.0 Å². The van der Waals surface area contributed by atoms with E-state index in [1.165, 1.54) is 0 Å². The largest absolute Gasteiger partial charge is 0.356 e. The summed E-state index contributed by atoms with van der Waals surface area (Å²) in [5.41, 5.74) is 5.60. The van der Waals surface area contributed by atoms with Gasteiger partial charge in [-0.15, -0.1) is 0 Å². The maximum atomic E-state index is 11.4. The molecule has 5 nitrogen and oxygen atoms in total. The van der Waals surface area contributed by atoms with E-state index in [9.17, 15) is 4.79 Å². The van der Waals surface area contributed by atoms with Crippen LogP contribution in [-0.4, -0.2) is 28.5 Å². The van der Waals surface area contributed by atoms with Crippen molar-refractivity contribution in [2.24, 2.45) is 5.73 Å². The number of amides is 1. The van der Waals surface area contributed by atoms with E-state index >= 15 is 0 Å². The molecule has 1 unspecified atom stereocenters. The number of rotatable bonds is 7. The van der Waals surface area contributed by atoms with Crippen molar-refractivity contribution in [3.63, 3.8) is 0 Å². The van der Waals surface area contributed by atoms with Crippen molar-refractivity contribution >= 4 is 5.91 Å².